The van der Waals surface area contributed by atoms with Gasteiger partial charge in [-0.1, -0.05) is 67.6 Å². The Balaban J connectivity index is 1.40. The van der Waals surface area contributed by atoms with Crippen LogP contribution in [0.25, 0.3) is 38.6 Å². The predicted octanol–water partition coefficient (Wildman–Crippen LogP) is 8.97. The van der Waals surface area contributed by atoms with Gasteiger partial charge in [0.1, 0.15) is 0 Å². The van der Waals surface area contributed by atoms with Gasteiger partial charge in [-0.05, 0) is 113 Å². The fourth-order valence-corrected chi connectivity index (χ4v) is 10.6. The molecule has 186 valence electrons. The summed E-state index contributed by atoms with van der Waals surface area (Å²) in [6.45, 7) is 2.28. The number of aromatic nitrogens is 1. The van der Waals surface area contributed by atoms with E-state index >= 15 is 0 Å². The Morgan fingerprint density at radius 1 is 0.737 bits per heavy atom. The van der Waals surface area contributed by atoms with Gasteiger partial charge in [0, 0.05) is 22.6 Å². The average molecular weight is 492 g/mol. The van der Waals surface area contributed by atoms with Crippen molar-refractivity contribution in [2.45, 2.75) is 57.3 Å². The molecule has 4 fully saturated rings. The minimum absolute atomic E-state index is 0.171. The summed E-state index contributed by atoms with van der Waals surface area (Å²) in [4.78, 5) is 0. The molecular weight excluding hydrogens is 458 g/mol. The van der Waals surface area contributed by atoms with Crippen LogP contribution >= 0.6 is 0 Å². The third-order valence-corrected chi connectivity index (χ3v) is 11.8. The zero-order valence-corrected chi connectivity index (χ0v) is 22.1. The summed E-state index contributed by atoms with van der Waals surface area (Å²) in [7, 11) is 0. The van der Waals surface area contributed by atoms with Crippen molar-refractivity contribution < 1.29 is 0 Å². The maximum atomic E-state index is 2.73. The van der Waals surface area contributed by atoms with Crippen LogP contribution < -0.4 is 0 Å². The first kappa shape index (κ1) is 20.6. The monoisotopic (exact) mass is 491 g/mol. The molecule has 1 aromatic heterocycles. The third-order valence-electron chi connectivity index (χ3n) is 11.8. The van der Waals surface area contributed by atoms with E-state index in [0.29, 0.717) is 0 Å². The molecule has 5 aromatic rings. The van der Waals surface area contributed by atoms with E-state index in [1.54, 1.807) is 22.4 Å². The second kappa shape index (κ2) is 6.81. The van der Waals surface area contributed by atoms with Gasteiger partial charge in [0.15, 0.2) is 0 Å². The molecule has 4 saturated carbocycles. The largest absolute Gasteiger partial charge is 0.308 e. The van der Waals surface area contributed by atoms with Gasteiger partial charge in [-0.3, -0.25) is 0 Å². The molecule has 1 nitrogen and oxygen atoms in total. The molecule has 1 heteroatoms. The quantitative estimate of drug-likeness (QED) is 0.216. The number of hydrogen-bond donors (Lipinski definition) is 0. The Morgan fingerprint density at radius 3 is 2.37 bits per heavy atom. The van der Waals surface area contributed by atoms with E-state index in [4.69, 9.17) is 0 Å². The number of aryl methyl sites for hydroxylation is 1. The van der Waals surface area contributed by atoms with Crippen LogP contribution in [0.2, 0.25) is 0 Å². The van der Waals surface area contributed by atoms with Crippen LogP contribution in [0.3, 0.4) is 0 Å². The summed E-state index contributed by atoms with van der Waals surface area (Å²) in [5, 5.41) is 2.92. The highest BCUT2D eigenvalue weighted by Gasteiger charge is 2.61. The molecule has 0 amide bonds. The Bertz CT molecular complexity index is 1820. The first-order valence-corrected chi connectivity index (χ1v) is 15.1. The van der Waals surface area contributed by atoms with Gasteiger partial charge in [-0.15, -0.1) is 0 Å². The minimum Gasteiger partial charge on any atom is -0.308 e. The van der Waals surface area contributed by atoms with E-state index in [0.717, 1.165) is 36.5 Å². The highest BCUT2D eigenvalue weighted by atomic mass is 15.0. The number of para-hydroxylation sites is 1. The van der Waals surface area contributed by atoms with Gasteiger partial charge >= 0.3 is 0 Å². The van der Waals surface area contributed by atoms with E-state index in [1.165, 1.54) is 76.2 Å². The Labute approximate surface area is 224 Å². The van der Waals surface area contributed by atoms with Crippen molar-refractivity contribution in [1.29, 1.82) is 0 Å². The molecule has 1 aliphatic heterocycles. The maximum Gasteiger partial charge on any atom is 0.0582 e. The van der Waals surface area contributed by atoms with Crippen LogP contribution in [-0.2, 0) is 18.3 Å². The van der Waals surface area contributed by atoms with Crippen molar-refractivity contribution in [2.24, 2.45) is 23.7 Å². The highest BCUT2D eigenvalue weighted by Crippen LogP contribution is 2.68. The lowest BCUT2D eigenvalue weighted by atomic mass is 9.41. The molecule has 2 heterocycles. The normalized spacial score (nSPS) is 29.3. The fraction of sp³-hybridized carbons (Fsp3) is 0.351. The Hall–Kier alpha value is -3.32. The molecule has 0 radical (unpaired) electrons. The molecular formula is C37H33N. The van der Waals surface area contributed by atoms with Gasteiger partial charge < -0.3 is 4.57 Å². The van der Waals surface area contributed by atoms with Crippen molar-refractivity contribution in [3.8, 4) is 16.8 Å². The summed E-state index contributed by atoms with van der Waals surface area (Å²) in [6, 6.07) is 28.9. The summed E-state index contributed by atoms with van der Waals surface area (Å²) in [5.41, 5.74) is 15.4. The predicted molar refractivity (Wildman–Crippen MR) is 156 cm³/mol. The average Bonchev–Trinajstić information content (AvgIpc) is 3.49. The molecule has 1 spiro atoms. The summed E-state index contributed by atoms with van der Waals surface area (Å²) < 4.78 is 2.73. The van der Waals surface area contributed by atoms with Crippen molar-refractivity contribution in [1.82, 2.24) is 4.57 Å². The van der Waals surface area contributed by atoms with Crippen molar-refractivity contribution >= 4 is 21.8 Å². The van der Waals surface area contributed by atoms with Gasteiger partial charge in [0.05, 0.1) is 16.7 Å². The van der Waals surface area contributed by atoms with Gasteiger partial charge in [0.2, 0.25) is 0 Å². The van der Waals surface area contributed by atoms with Crippen LogP contribution in [0, 0.1) is 23.7 Å². The molecule has 0 saturated heterocycles. The van der Waals surface area contributed by atoms with Crippen molar-refractivity contribution in [2.75, 3.05) is 0 Å². The van der Waals surface area contributed by atoms with Crippen molar-refractivity contribution in [3.63, 3.8) is 0 Å². The number of fused-ring (bicyclic) bond motifs is 9. The number of nitrogens with zero attached hydrogens (tertiary/aromatic N) is 1. The van der Waals surface area contributed by atoms with Crippen molar-refractivity contribution in [3.05, 3.63) is 101 Å². The number of hydrogen-bond acceptors (Lipinski definition) is 0. The van der Waals surface area contributed by atoms with Crippen LogP contribution in [-0.4, -0.2) is 4.57 Å². The van der Waals surface area contributed by atoms with Gasteiger partial charge in [-0.25, -0.2) is 0 Å². The van der Waals surface area contributed by atoms with E-state index in [2.05, 4.69) is 84.3 Å². The molecule has 11 rings (SSSR count). The molecule has 4 bridgehead atoms. The second-order valence-electron chi connectivity index (χ2n) is 13.2. The van der Waals surface area contributed by atoms with Crippen LogP contribution in [0.4, 0.5) is 0 Å². The topological polar surface area (TPSA) is 4.93 Å². The SMILES string of the molecule is CCc1ccc2c(c1)c1cccc3c1n2-c1c(ccc2c1Cc1ccccc1-2)C31C2CC3CC(C2)CC1C3. The number of rotatable bonds is 1. The maximum absolute atomic E-state index is 2.73. The van der Waals surface area contributed by atoms with Gasteiger partial charge in [-0.2, -0.15) is 0 Å². The summed E-state index contributed by atoms with van der Waals surface area (Å²) >= 11 is 0. The zero-order chi connectivity index (χ0) is 24.7. The Kier molecular flexibility index (Phi) is 3.69. The molecule has 0 N–H and O–H groups in total. The van der Waals surface area contributed by atoms with E-state index in [-0.39, 0.29) is 5.41 Å². The van der Waals surface area contributed by atoms with Gasteiger partial charge in [0.25, 0.3) is 0 Å². The minimum atomic E-state index is 0.171. The molecule has 0 unspecified atom stereocenters. The van der Waals surface area contributed by atoms with E-state index < -0.39 is 0 Å². The lowest BCUT2D eigenvalue weighted by Gasteiger charge is -2.63. The Morgan fingerprint density at radius 2 is 1.55 bits per heavy atom. The highest BCUT2D eigenvalue weighted by molar-refractivity contribution is 6.12. The van der Waals surface area contributed by atoms with Crippen LogP contribution in [0.15, 0.2) is 72.8 Å². The molecule has 0 atom stereocenters. The van der Waals surface area contributed by atoms with Crippen LogP contribution in [0.5, 0.6) is 0 Å². The smallest absolute Gasteiger partial charge is 0.0582 e. The zero-order valence-electron chi connectivity index (χ0n) is 22.1. The summed E-state index contributed by atoms with van der Waals surface area (Å²) in [5.74, 6) is 3.49. The van der Waals surface area contributed by atoms with Crippen LogP contribution in [0.1, 0.15) is 66.8 Å². The lowest BCUT2D eigenvalue weighted by Crippen LogP contribution is -2.57. The first-order valence-electron chi connectivity index (χ1n) is 15.1. The number of benzene rings is 4. The first-order chi connectivity index (χ1) is 18.8. The molecule has 6 aliphatic rings. The fourth-order valence-electron chi connectivity index (χ4n) is 10.6. The van der Waals surface area contributed by atoms with E-state index in [9.17, 15) is 0 Å². The molecule has 5 aliphatic carbocycles. The standard InChI is InChI=1S/C37H33N/c1-2-21-10-13-34-30(19-21)29-8-5-9-32-35(29)38(34)36-31-20-24-6-3-4-7-27(24)28(31)11-12-33(36)37(32)25-15-22-14-23(17-25)18-26(37)16-22/h3-13,19,22-23,25-26H,2,14-18,20H2,1H3. The molecule has 38 heavy (non-hydrogen) atoms. The third kappa shape index (κ3) is 2.22. The second-order valence-corrected chi connectivity index (χ2v) is 13.2. The lowest BCUT2D eigenvalue weighted by molar-refractivity contribution is -0.0418. The van der Waals surface area contributed by atoms with E-state index in [1.807, 2.05) is 0 Å². The molecule has 4 aromatic carbocycles. The summed E-state index contributed by atoms with van der Waals surface area (Å²) in [6.07, 6.45) is 9.36.